The summed E-state index contributed by atoms with van der Waals surface area (Å²) in [6, 6.07) is 0.223. The topological polar surface area (TPSA) is 66.4 Å². The van der Waals surface area contributed by atoms with Gasteiger partial charge in [-0.05, 0) is 86.4 Å². The molecular formula is C22H31NO3. The number of aliphatic carboxylic acids is 1. The summed E-state index contributed by atoms with van der Waals surface area (Å²) in [5.74, 6) is 1.08. The van der Waals surface area contributed by atoms with Gasteiger partial charge in [-0.1, -0.05) is 19.1 Å². The number of carboxylic acid groups (broad SMARTS) is 1. The molecule has 5 fully saturated rings. The third-order valence-electron chi connectivity index (χ3n) is 8.60. The Morgan fingerprint density at radius 3 is 2.04 bits per heavy atom. The van der Waals surface area contributed by atoms with Gasteiger partial charge in [0.2, 0.25) is 5.91 Å². The van der Waals surface area contributed by atoms with Crippen LogP contribution in [0.2, 0.25) is 0 Å². The SMILES string of the molecule is CC[C@H](NC(=O)[C@@H]1[C@H](C(=O)O)[C@H]2C=C[C@H]1C2)C12CC3CC(CC(C3)C1)C2. The summed E-state index contributed by atoms with van der Waals surface area (Å²) < 4.78 is 0. The Bertz CT molecular complexity index is 618. The molecule has 0 spiro atoms. The van der Waals surface area contributed by atoms with Gasteiger partial charge in [-0.15, -0.1) is 0 Å². The number of hydrogen-bond acceptors (Lipinski definition) is 2. The summed E-state index contributed by atoms with van der Waals surface area (Å²) in [6.07, 6.45) is 13.9. The number of fused-ring (bicyclic) bond motifs is 2. The lowest BCUT2D eigenvalue weighted by molar-refractivity contribution is -0.148. The Balaban J connectivity index is 1.35. The Morgan fingerprint density at radius 2 is 1.54 bits per heavy atom. The lowest BCUT2D eigenvalue weighted by Gasteiger charge is -2.59. The highest BCUT2D eigenvalue weighted by molar-refractivity contribution is 5.87. The Morgan fingerprint density at radius 1 is 1.00 bits per heavy atom. The molecule has 2 N–H and O–H groups in total. The number of carbonyl (C=O) groups excluding carboxylic acids is 1. The molecule has 6 bridgehead atoms. The minimum absolute atomic E-state index is 0.0110. The largest absolute Gasteiger partial charge is 0.481 e. The van der Waals surface area contributed by atoms with Crippen LogP contribution in [-0.4, -0.2) is 23.0 Å². The molecule has 4 nitrogen and oxygen atoms in total. The van der Waals surface area contributed by atoms with Crippen LogP contribution < -0.4 is 5.32 Å². The second-order valence-electron chi connectivity index (χ2n) is 10.1. The van der Waals surface area contributed by atoms with Crippen LogP contribution in [0.4, 0.5) is 0 Å². The van der Waals surface area contributed by atoms with Crippen LogP contribution in [-0.2, 0) is 9.59 Å². The molecule has 142 valence electrons. The highest BCUT2D eigenvalue weighted by Crippen LogP contribution is 2.61. The van der Waals surface area contributed by atoms with Crippen LogP contribution >= 0.6 is 0 Å². The minimum Gasteiger partial charge on any atom is -0.481 e. The van der Waals surface area contributed by atoms with Crippen molar-refractivity contribution in [1.29, 1.82) is 0 Å². The van der Waals surface area contributed by atoms with Gasteiger partial charge >= 0.3 is 5.97 Å². The Hall–Kier alpha value is -1.32. The van der Waals surface area contributed by atoms with Gasteiger partial charge in [0.15, 0.2) is 0 Å². The van der Waals surface area contributed by atoms with Crippen molar-refractivity contribution in [2.75, 3.05) is 0 Å². The third-order valence-corrected chi connectivity index (χ3v) is 8.60. The monoisotopic (exact) mass is 357 g/mol. The van der Waals surface area contributed by atoms with E-state index < -0.39 is 11.9 Å². The second kappa shape index (κ2) is 5.84. The zero-order chi connectivity index (χ0) is 18.1. The van der Waals surface area contributed by atoms with E-state index in [4.69, 9.17) is 0 Å². The summed E-state index contributed by atoms with van der Waals surface area (Å²) in [4.78, 5) is 25.0. The molecule has 26 heavy (non-hydrogen) atoms. The first-order chi connectivity index (χ1) is 12.5. The van der Waals surface area contributed by atoms with Crippen molar-refractivity contribution in [3.63, 3.8) is 0 Å². The predicted octanol–water partition coefficient (Wildman–Crippen LogP) is 3.62. The molecule has 6 aliphatic carbocycles. The van der Waals surface area contributed by atoms with E-state index in [2.05, 4.69) is 18.3 Å². The maximum atomic E-state index is 13.2. The summed E-state index contributed by atoms with van der Waals surface area (Å²) in [7, 11) is 0. The molecule has 6 rings (SSSR count). The van der Waals surface area contributed by atoms with Crippen LogP contribution in [0.15, 0.2) is 12.2 Å². The summed E-state index contributed by atoms with van der Waals surface area (Å²) >= 11 is 0. The highest BCUT2D eigenvalue weighted by atomic mass is 16.4. The van der Waals surface area contributed by atoms with E-state index in [1.807, 2.05) is 6.08 Å². The predicted molar refractivity (Wildman–Crippen MR) is 98.2 cm³/mol. The number of allylic oxidation sites excluding steroid dienone is 2. The molecule has 4 heteroatoms. The van der Waals surface area contributed by atoms with Crippen LogP contribution in [0, 0.1) is 46.8 Å². The van der Waals surface area contributed by atoms with Crippen LogP contribution in [0.3, 0.4) is 0 Å². The third kappa shape index (κ3) is 2.40. The van der Waals surface area contributed by atoms with Gasteiger partial charge in [-0.3, -0.25) is 9.59 Å². The summed E-state index contributed by atoms with van der Waals surface area (Å²) in [5.41, 5.74) is 0.283. The molecule has 0 heterocycles. The van der Waals surface area contributed by atoms with Gasteiger partial charge in [0.25, 0.3) is 0 Å². The first-order valence-corrected chi connectivity index (χ1v) is 10.7. The minimum atomic E-state index is -0.801. The van der Waals surface area contributed by atoms with Gasteiger partial charge in [0.1, 0.15) is 0 Å². The maximum absolute atomic E-state index is 13.2. The first kappa shape index (κ1) is 16.8. The molecule has 0 aromatic heterocycles. The number of amides is 1. The van der Waals surface area contributed by atoms with Gasteiger partial charge < -0.3 is 10.4 Å². The average Bonchev–Trinajstić information content (AvgIpc) is 3.19. The molecule has 6 aliphatic rings. The number of hydrogen-bond donors (Lipinski definition) is 2. The van der Waals surface area contributed by atoms with E-state index in [0.29, 0.717) is 0 Å². The maximum Gasteiger partial charge on any atom is 0.307 e. The standard InChI is InChI=1S/C22H31NO3/c1-2-17(22-9-12-5-13(10-22)7-14(6-12)11-22)23-20(24)18-15-3-4-16(8-15)19(18)21(25)26/h3-4,12-19H,2,5-11H2,1H3,(H,23,24)(H,25,26)/t12?,13?,14?,15-,16-,17-,18-,19+,22?/m0/s1. The van der Waals surface area contributed by atoms with Gasteiger partial charge in [0, 0.05) is 6.04 Å². The van der Waals surface area contributed by atoms with Crippen molar-refractivity contribution in [2.45, 2.75) is 64.3 Å². The molecule has 5 atom stereocenters. The number of rotatable bonds is 5. The molecule has 0 aromatic carbocycles. The molecule has 0 radical (unpaired) electrons. The average molecular weight is 357 g/mol. The first-order valence-electron chi connectivity index (χ1n) is 10.7. The summed E-state index contributed by atoms with van der Waals surface area (Å²) in [6.45, 7) is 2.19. The number of carboxylic acids is 1. The normalized spacial score (nSPS) is 48.7. The van der Waals surface area contributed by atoms with E-state index in [1.165, 1.54) is 38.5 Å². The molecule has 0 unspecified atom stereocenters. The molecule has 5 saturated carbocycles. The second-order valence-corrected chi connectivity index (χ2v) is 10.1. The van der Waals surface area contributed by atoms with Crippen molar-refractivity contribution in [1.82, 2.24) is 5.32 Å². The van der Waals surface area contributed by atoms with E-state index in [9.17, 15) is 14.7 Å². The number of nitrogens with one attached hydrogen (secondary N) is 1. The fourth-order valence-electron chi connectivity index (χ4n) is 8.08. The van der Waals surface area contributed by atoms with E-state index >= 15 is 0 Å². The van der Waals surface area contributed by atoms with Gasteiger partial charge in [-0.25, -0.2) is 0 Å². The lowest BCUT2D eigenvalue weighted by atomic mass is 9.47. The van der Waals surface area contributed by atoms with Crippen LogP contribution in [0.1, 0.15) is 58.3 Å². The fraction of sp³-hybridized carbons (Fsp3) is 0.818. The molecule has 0 aromatic rings. The number of carbonyl (C=O) groups is 2. The highest BCUT2D eigenvalue weighted by Gasteiger charge is 2.56. The smallest absolute Gasteiger partial charge is 0.307 e. The van der Waals surface area contributed by atoms with Crippen molar-refractivity contribution >= 4 is 11.9 Å². The van der Waals surface area contributed by atoms with Crippen LogP contribution in [0.5, 0.6) is 0 Å². The molecular weight excluding hydrogens is 326 g/mol. The van der Waals surface area contributed by atoms with E-state index in [0.717, 1.165) is 30.6 Å². The van der Waals surface area contributed by atoms with E-state index in [1.54, 1.807) is 0 Å². The quantitative estimate of drug-likeness (QED) is 0.739. The molecule has 0 saturated heterocycles. The summed E-state index contributed by atoms with van der Waals surface area (Å²) in [5, 5.41) is 13.1. The zero-order valence-electron chi connectivity index (χ0n) is 15.7. The Labute approximate surface area is 155 Å². The zero-order valence-corrected chi connectivity index (χ0v) is 15.7. The van der Waals surface area contributed by atoms with Gasteiger partial charge in [0.05, 0.1) is 11.8 Å². The van der Waals surface area contributed by atoms with E-state index in [-0.39, 0.29) is 35.1 Å². The fourth-order valence-corrected chi connectivity index (χ4v) is 8.08. The van der Waals surface area contributed by atoms with Crippen molar-refractivity contribution < 1.29 is 14.7 Å². The lowest BCUT2D eigenvalue weighted by Crippen LogP contribution is -2.58. The Kier molecular flexibility index (Phi) is 3.78. The van der Waals surface area contributed by atoms with Crippen molar-refractivity contribution in [2.24, 2.45) is 46.8 Å². The van der Waals surface area contributed by atoms with Crippen LogP contribution in [0.25, 0.3) is 0 Å². The van der Waals surface area contributed by atoms with Crippen molar-refractivity contribution in [3.05, 3.63) is 12.2 Å². The molecule has 1 amide bonds. The van der Waals surface area contributed by atoms with Crippen molar-refractivity contribution in [3.8, 4) is 0 Å². The molecule has 0 aliphatic heterocycles. The van der Waals surface area contributed by atoms with Gasteiger partial charge in [-0.2, -0.15) is 0 Å².